The Kier molecular flexibility index (Phi) is 37.7. The Bertz CT molecular complexity index is 6780. The third-order valence-corrected chi connectivity index (χ3v) is 33.6. The van der Waals surface area contributed by atoms with Crippen molar-refractivity contribution < 1.29 is 49.6 Å². The number of nitriles is 2. The number of carbonyl (C=O) groups excluding carboxylic acids is 4. The number of Topliss-reactive ketones (excluding diaryl/α,β-unsaturated/α-hetero) is 1. The molecular formula is C121H99BBrN11O6P4Pd. The van der Waals surface area contributed by atoms with Gasteiger partial charge >= 0.3 is 7.12 Å². The van der Waals surface area contributed by atoms with E-state index in [1.54, 1.807) is 93.4 Å². The number of ketones is 1. The number of benzene rings is 14. The Morgan fingerprint density at radius 2 is 0.621 bits per heavy atom. The van der Waals surface area contributed by atoms with Crippen molar-refractivity contribution in [3.63, 3.8) is 0 Å². The minimum atomic E-state index is -1.53. The molecule has 22 rings (SSSR count). The fourth-order valence-electron chi connectivity index (χ4n) is 15.9. The van der Waals surface area contributed by atoms with Crippen molar-refractivity contribution in [2.75, 3.05) is 9.80 Å². The average Bonchev–Trinajstić information content (AvgIpc) is 1.64. The molecule has 714 valence electrons. The van der Waals surface area contributed by atoms with E-state index in [4.69, 9.17) is 26.3 Å². The normalized spacial score (nSPS) is 11.5. The summed E-state index contributed by atoms with van der Waals surface area (Å²) in [5.41, 5.74) is 13.1. The molecule has 2 aliphatic rings. The quantitative estimate of drug-likeness (QED) is 0.0326. The van der Waals surface area contributed by atoms with Gasteiger partial charge in [-0.2, -0.15) is 20.7 Å². The van der Waals surface area contributed by atoms with Crippen LogP contribution in [0, 0.1) is 22.7 Å². The molecule has 0 atom stereocenters. The Morgan fingerprint density at radius 3 is 0.862 bits per heavy atom. The molecule has 14 aromatic carbocycles. The van der Waals surface area contributed by atoms with E-state index in [1.165, 1.54) is 88.9 Å². The van der Waals surface area contributed by atoms with Gasteiger partial charge in [0.2, 0.25) is 0 Å². The molecule has 6 aromatic heterocycles. The van der Waals surface area contributed by atoms with Gasteiger partial charge in [-0.3, -0.25) is 29.1 Å². The van der Waals surface area contributed by atoms with Gasteiger partial charge in [0.25, 0.3) is 17.7 Å². The molecule has 4 N–H and O–H groups in total. The summed E-state index contributed by atoms with van der Waals surface area (Å²) in [5.74, 6) is -0.867. The number of amides is 3. The Morgan fingerprint density at radius 1 is 0.352 bits per heavy atom. The van der Waals surface area contributed by atoms with E-state index in [9.17, 15) is 19.2 Å². The summed E-state index contributed by atoms with van der Waals surface area (Å²) in [6, 6.07) is 162. The predicted octanol–water partition coefficient (Wildman–Crippen LogP) is 19.7. The number of nitrogens with zero attached hydrogens (tertiary/aromatic N) is 10. The fourth-order valence-corrected chi connectivity index (χ4v) is 25.5. The summed E-state index contributed by atoms with van der Waals surface area (Å²) in [7, 11) is -3.31. The number of anilines is 2. The first kappa shape index (κ1) is 104. The van der Waals surface area contributed by atoms with E-state index in [1.807, 2.05) is 41.3 Å². The molecule has 17 nitrogen and oxygen atoms in total. The van der Waals surface area contributed by atoms with Gasteiger partial charge in [-0.05, 0) is 222 Å². The van der Waals surface area contributed by atoms with E-state index in [0.29, 0.717) is 27.9 Å². The molecule has 2 aliphatic carbocycles. The zero-order chi connectivity index (χ0) is 99.7. The first-order valence-corrected chi connectivity index (χ1v) is 53.0. The van der Waals surface area contributed by atoms with Crippen molar-refractivity contribution >= 4 is 170 Å². The number of carbonyl (C=O) groups is 4. The maximum absolute atomic E-state index is 13.5. The standard InChI is InChI=1S/C24H18N6O2.C18H13BrN4O.4C18H15P.C7H8BNO3.Pd/c25-12-15-1-4-18(5-2-15)30(19-6-7-19)24(32)16-9-10-29-22(11-16)20(14-28-29)17-3-8-21(23(26)31)27-13-17;19-16-11-21-22-8-7-13(9-17(16)22)18(24)23(15-5-6-15)14-3-1-12(10-20)2-4-14;4*1-4-10-16(11-5-1)19(17-12-6-2-7-13-17)18-14-8-3-9-15-18;1-5(10)7-3-2-6(4-9-7)8(11)12;/h1-5,8-11,13-14,19H,6-7H2,(H2,26,31);1-4,7-9,11,15H,5-6H2;4*1-15H;2-4,11-12H,1H3;. The molecule has 0 radical (unpaired) electrons. The van der Waals surface area contributed by atoms with Crippen molar-refractivity contribution in [1.29, 1.82) is 10.5 Å². The van der Waals surface area contributed by atoms with Crippen molar-refractivity contribution in [1.82, 2.24) is 29.2 Å². The minimum Gasteiger partial charge on any atom is -0.423 e. The van der Waals surface area contributed by atoms with Crippen molar-refractivity contribution in [2.24, 2.45) is 5.73 Å². The second kappa shape index (κ2) is 52.6. The monoisotopic (exact) mass is 2120 g/mol. The minimum absolute atomic E-state index is 0. The van der Waals surface area contributed by atoms with E-state index in [-0.39, 0.29) is 61.3 Å². The number of hydrogen-bond donors (Lipinski definition) is 3. The molecule has 0 unspecified atom stereocenters. The summed E-state index contributed by atoms with van der Waals surface area (Å²) < 4.78 is 4.27. The smallest absolute Gasteiger partial charge is 0.423 e. The molecule has 2 fully saturated rings. The van der Waals surface area contributed by atoms with Crippen LogP contribution in [0.3, 0.4) is 0 Å². The first-order valence-electron chi connectivity index (χ1n) is 46.8. The van der Waals surface area contributed by atoms with Gasteiger partial charge in [0.1, 0.15) is 11.4 Å². The zero-order valence-electron chi connectivity index (χ0n) is 79.0. The van der Waals surface area contributed by atoms with Crippen LogP contribution in [0.4, 0.5) is 11.4 Å². The molecule has 2 saturated carbocycles. The van der Waals surface area contributed by atoms with Crippen LogP contribution in [-0.4, -0.2) is 82.0 Å². The molecule has 0 aliphatic heterocycles. The maximum Gasteiger partial charge on any atom is 0.490 e. The Hall–Kier alpha value is -15.3. The van der Waals surface area contributed by atoms with E-state index in [0.717, 1.165) is 63.7 Å². The molecule has 0 saturated heterocycles. The van der Waals surface area contributed by atoms with Gasteiger partial charge in [0, 0.05) is 103 Å². The van der Waals surface area contributed by atoms with Gasteiger partial charge in [0.15, 0.2) is 5.78 Å². The topological polar surface area (TPSA) is 249 Å². The van der Waals surface area contributed by atoms with Gasteiger partial charge in [-0.15, -0.1) is 0 Å². The predicted molar refractivity (Wildman–Crippen MR) is 596 cm³/mol. The summed E-state index contributed by atoms with van der Waals surface area (Å²) in [6.07, 6.45) is 13.7. The molecule has 20 aromatic rings. The van der Waals surface area contributed by atoms with Crippen LogP contribution in [0.2, 0.25) is 0 Å². The largest absolute Gasteiger partial charge is 0.490 e. The molecule has 6 heterocycles. The summed E-state index contributed by atoms with van der Waals surface area (Å²) in [5, 5.41) is 60.7. The first-order chi connectivity index (χ1) is 70.6. The van der Waals surface area contributed by atoms with Crippen LogP contribution in [0.1, 0.15) is 85.4 Å². The van der Waals surface area contributed by atoms with Crippen LogP contribution < -0.4 is 84.7 Å². The number of primary amides is 1. The SMILES string of the molecule is CC(=O)c1ccc(B(O)O)cn1.N#Cc1ccc(N(C(=O)c2ccn3ncc(-c4ccc(C(N)=O)nc4)c3c2)C2CC2)cc1.N#Cc1ccc(N(C(=O)c2ccn3ncc(Br)c3c2)C2CC2)cc1.[Pd].c1ccc(P(c2ccccc2)c2ccccc2)cc1.c1ccc(P(c2ccccc2)c2ccccc2)cc1.c1ccc(P(c2ccccc2)c2ccccc2)cc1.c1ccc(P(c2ccccc2)c2ccccc2)cc1. The average molecular weight is 2120 g/mol. The number of nitrogens with two attached hydrogens (primary N) is 1. The second-order valence-electron chi connectivity index (χ2n) is 33.2. The molecule has 0 bridgehead atoms. The molecule has 145 heavy (non-hydrogen) atoms. The Balaban J connectivity index is 0.000000129. The van der Waals surface area contributed by atoms with Gasteiger partial charge in [-0.25, -0.2) is 9.03 Å². The van der Waals surface area contributed by atoms with Crippen LogP contribution in [0.25, 0.3) is 22.2 Å². The number of fused-ring (bicyclic) bond motifs is 2. The van der Waals surface area contributed by atoms with Crippen LogP contribution >= 0.6 is 47.6 Å². The van der Waals surface area contributed by atoms with Gasteiger partial charge in [-0.1, -0.05) is 376 Å². The van der Waals surface area contributed by atoms with E-state index < -0.39 is 44.7 Å². The van der Waals surface area contributed by atoms with Gasteiger partial charge < -0.3 is 25.6 Å². The fraction of sp³-hybridized carbons (Fsp3) is 0.0579. The van der Waals surface area contributed by atoms with Crippen molar-refractivity contribution in [3.8, 4) is 23.3 Å². The molecule has 24 heteroatoms. The van der Waals surface area contributed by atoms with Crippen molar-refractivity contribution in [2.45, 2.75) is 44.7 Å². The maximum atomic E-state index is 13.5. The third-order valence-electron chi connectivity index (χ3n) is 23.2. The number of halogens is 1. The number of aromatic nitrogens is 6. The number of rotatable bonds is 22. The Labute approximate surface area is 872 Å². The number of pyridine rings is 4. The van der Waals surface area contributed by atoms with Crippen LogP contribution in [0.5, 0.6) is 0 Å². The second-order valence-corrected chi connectivity index (χ2v) is 43.0. The van der Waals surface area contributed by atoms with Crippen LogP contribution in [-0.2, 0) is 20.4 Å². The van der Waals surface area contributed by atoms with E-state index in [2.05, 4.69) is 412 Å². The van der Waals surface area contributed by atoms with Gasteiger partial charge in [0.05, 0.1) is 51.2 Å². The summed E-state index contributed by atoms with van der Waals surface area (Å²) in [6.45, 7) is 1.40. The third kappa shape index (κ3) is 28.2. The van der Waals surface area contributed by atoms with Crippen molar-refractivity contribution in [3.05, 3.63) is 536 Å². The summed E-state index contributed by atoms with van der Waals surface area (Å²) >= 11 is 3.45. The molecular weight excluding hydrogens is 2020 g/mol. The molecule has 3 amide bonds. The summed E-state index contributed by atoms with van der Waals surface area (Å²) in [4.78, 5) is 60.0. The number of hydrogen-bond acceptors (Lipinski definition) is 12. The molecule has 0 spiro atoms. The zero-order valence-corrected chi connectivity index (χ0v) is 85.7. The van der Waals surface area contributed by atoms with E-state index >= 15 is 0 Å². The van der Waals surface area contributed by atoms with Crippen LogP contribution in [0.15, 0.2) is 503 Å².